The smallest absolute Gasteiger partial charge is 0.338 e. The predicted octanol–water partition coefficient (Wildman–Crippen LogP) is 3.58. The highest BCUT2D eigenvalue weighted by molar-refractivity contribution is 6.59. The Labute approximate surface area is 247 Å². The van der Waals surface area contributed by atoms with E-state index in [1.807, 2.05) is 0 Å². The first-order valence-corrected chi connectivity index (χ1v) is 13.8. The number of carbonyl (C=O) groups excluding carboxylic acids is 3. The molecule has 0 N–H and O–H groups in total. The van der Waals surface area contributed by atoms with E-state index in [2.05, 4.69) is 0 Å². The van der Waals surface area contributed by atoms with Gasteiger partial charge in [0.1, 0.15) is 28.9 Å². The molecule has 2 heterocycles. The average Bonchev–Trinajstić information content (AvgIpc) is 3.43. The molecular weight excluding hydrogens is 579 g/mol. The monoisotopic (exact) mass is 610 g/mol. The molecule has 8 atom stereocenters. The van der Waals surface area contributed by atoms with E-state index in [9.17, 15) is 14.4 Å². The van der Waals surface area contributed by atoms with E-state index in [1.54, 1.807) is 39.0 Å². The van der Waals surface area contributed by atoms with Gasteiger partial charge in [-0.05, 0) is 38.5 Å². The average molecular weight is 611 g/mol. The summed E-state index contributed by atoms with van der Waals surface area (Å²) >= 11 is 13.9. The Balaban J connectivity index is 1.70. The quantitative estimate of drug-likeness (QED) is 0.269. The van der Waals surface area contributed by atoms with E-state index in [-0.39, 0.29) is 22.4 Å². The number of carbonyl (C=O) groups is 3. The Morgan fingerprint density at radius 3 is 2.27 bits per heavy atom. The lowest BCUT2D eigenvalue weighted by molar-refractivity contribution is -0.233. The highest BCUT2D eigenvalue weighted by Crippen LogP contribution is 2.55. The van der Waals surface area contributed by atoms with Crippen molar-refractivity contribution in [3.63, 3.8) is 0 Å². The van der Waals surface area contributed by atoms with Crippen molar-refractivity contribution >= 4 is 46.3 Å². The Morgan fingerprint density at radius 2 is 1.66 bits per heavy atom. The molecule has 2 fully saturated rings. The van der Waals surface area contributed by atoms with Crippen LogP contribution in [0.5, 0.6) is 5.75 Å². The number of methoxy groups -OCH3 is 4. The summed E-state index contributed by atoms with van der Waals surface area (Å²) in [4.78, 5) is 39.8. The maximum absolute atomic E-state index is 14.7. The van der Waals surface area contributed by atoms with Crippen molar-refractivity contribution in [2.45, 2.75) is 62.1 Å². The number of aryl methyl sites for hydroxylation is 1. The molecule has 0 bridgehead atoms. The minimum atomic E-state index is -1.92. The van der Waals surface area contributed by atoms with Gasteiger partial charge in [0.25, 0.3) is 0 Å². The normalized spacial score (nSPS) is 35.9. The third-order valence-electron chi connectivity index (χ3n) is 8.09. The molecule has 222 valence electrons. The van der Waals surface area contributed by atoms with Crippen LogP contribution in [0.25, 0.3) is 5.57 Å². The molecule has 2 aliphatic carbocycles. The third kappa shape index (κ3) is 4.55. The fourth-order valence-corrected chi connectivity index (χ4v) is 7.33. The number of benzene rings is 1. The Hall–Kier alpha value is -2.31. The standard InChI is InChI=1S/C29H32Cl2O10/c1-12-10-14(26(34)37-6)17(15(11-12)35-4)18-20(30)25(33)29(31)16(36-5)9-8-13(19(29)21(18)32)22-23-24(27(38-7)39-22)41-28(2,3)40-23/h8-11,13,16,19,22-24,27H,1-7H3/t13-,16+,19+,22+,23-,24-,27?,29?/m0/s1. The zero-order valence-corrected chi connectivity index (χ0v) is 25.2. The predicted molar refractivity (Wildman–Crippen MR) is 147 cm³/mol. The van der Waals surface area contributed by atoms with Crippen LogP contribution in [-0.4, -0.2) is 87.3 Å². The maximum atomic E-state index is 14.7. The second-order valence-electron chi connectivity index (χ2n) is 10.9. The summed E-state index contributed by atoms with van der Waals surface area (Å²) in [6, 6.07) is 3.17. The summed E-state index contributed by atoms with van der Waals surface area (Å²) in [5, 5.41) is -0.439. The molecule has 1 aromatic rings. The van der Waals surface area contributed by atoms with Gasteiger partial charge in [0, 0.05) is 25.7 Å². The van der Waals surface area contributed by atoms with Gasteiger partial charge in [-0.2, -0.15) is 0 Å². The maximum Gasteiger partial charge on any atom is 0.338 e. The van der Waals surface area contributed by atoms with Crippen molar-refractivity contribution in [3.05, 3.63) is 46.0 Å². The Bertz CT molecular complexity index is 1350. The van der Waals surface area contributed by atoms with Gasteiger partial charge < -0.3 is 33.2 Å². The number of hydrogen-bond donors (Lipinski definition) is 0. The molecule has 0 aromatic heterocycles. The molecule has 0 amide bonds. The van der Waals surface area contributed by atoms with Gasteiger partial charge in [0.2, 0.25) is 0 Å². The summed E-state index contributed by atoms with van der Waals surface area (Å²) in [5.41, 5.74) is 0.514. The first-order chi connectivity index (χ1) is 19.3. The minimum Gasteiger partial charge on any atom is -0.496 e. The molecule has 2 aliphatic heterocycles. The Kier molecular flexibility index (Phi) is 7.91. The van der Waals surface area contributed by atoms with Crippen LogP contribution in [0.1, 0.15) is 35.3 Å². The molecular formula is C29H32Cl2O10. The molecule has 0 spiro atoms. The lowest BCUT2D eigenvalue weighted by Crippen LogP contribution is -2.62. The summed E-state index contributed by atoms with van der Waals surface area (Å²) in [5.74, 6) is -4.87. The minimum absolute atomic E-state index is 0.0119. The molecule has 2 unspecified atom stereocenters. The first-order valence-electron chi connectivity index (χ1n) is 13.0. The van der Waals surface area contributed by atoms with Crippen LogP contribution in [0.3, 0.4) is 0 Å². The number of fused-ring (bicyclic) bond motifs is 2. The highest BCUT2D eigenvalue weighted by Gasteiger charge is 2.66. The van der Waals surface area contributed by atoms with E-state index in [0.717, 1.165) is 0 Å². The molecule has 5 rings (SSSR count). The van der Waals surface area contributed by atoms with Gasteiger partial charge in [0.15, 0.2) is 23.6 Å². The van der Waals surface area contributed by atoms with E-state index in [0.29, 0.717) is 5.56 Å². The van der Waals surface area contributed by atoms with Gasteiger partial charge in [-0.25, -0.2) is 4.79 Å². The Morgan fingerprint density at radius 1 is 0.976 bits per heavy atom. The van der Waals surface area contributed by atoms with Crippen LogP contribution in [0.4, 0.5) is 0 Å². The van der Waals surface area contributed by atoms with Crippen molar-refractivity contribution in [1.82, 2.24) is 0 Å². The van der Waals surface area contributed by atoms with E-state index < -0.39 is 75.8 Å². The van der Waals surface area contributed by atoms with E-state index >= 15 is 0 Å². The van der Waals surface area contributed by atoms with Gasteiger partial charge in [-0.3, -0.25) is 9.59 Å². The molecule has 2 saturated heterocycles. The van der Waals surface area contributed by atoms with Gasteiger partial charge in [0.05, 0.1) is 42.4 Å². The molecule has 1 aromatic carbocycles. The van der Waals surface area contributed by atoms with Gasteiger partial charge in [-0.15, -0.1) is 11.6 Å². The fourth-order valence-electron chi connectivity index (χ4n) is 6.43. The number of ether oxygens (including phenoxy) is 7. The van der Waals surface area contributed by atoms with Crippen LogP contribution in [0, 0.1) is 18.8 Å². The SMILES string of the molecule is COC(=O)c1cc(C)cc(OC)c1C1=C(Cl)C(=O)C2(Cl)[C@H](OC)C=C[C@H]([C@H]3OC(OC)[C@H]4OC(C)(C)O[C@@H]34)[C@@H]2C1=O. The largest absolute Gasteiger partial charge is 0.496 e. The van der Waals surface area contributed by atoms with Crippen LogP contribution in [0.15, 0.2) is 29.3 Å². The number of ketones is 2. The van der Waals surface area contributed by atoms with Gasteiger partial charge in [-0.1, -0.05) is 23.8 Å². The lowest BCUT2D eigenvalue weighted by Gasteiger charge is -2.47. The number of esters is 1. The molecule has 4 aliphatic rings. The number of halogens is 2. The molecule has 0 saturated carbocycles. The van der Waals surface area contributed by atoms with Crippen molar-refractivity contribution in [3.8, 4) is 5.75 Å². The van der Waals surface area contributed by atoms with Crippen molar-refractivity contribution < 1.29 is 47.5 Å². The fraction of sp³-hybridized carbons (Fsp3) is 0.552. The number of allylic oxidation sites excluding steroid dienone is 2. The number of hydrogen-bond acceptors (Lipinski definition) is 10. The molecule has 0 radical (unpaired) electrons. The summed E-state index contributed by atoms with van der Waals surface area (Å²) < 4.78 is 40.2. The zero-order valence-electron chi connectivity index (χ0n) is 23.7. The molecule has 10 nitrogen and oxygen atoms in total. The van der Waals surface area contributed by atoms with Crippen molar-refractivity contribution in [1.29, 1.82) is 0 Å². The van der Waals surface area contributed by atoms with E-state index in [4.69, 9.17) is 56.4 Å². The van der Waals surface area contributed by atoms with Crippen LogP contribution in [0.2, 0.25) is 0 Å². The lowest BCUT2D eigenvalue weighted by atomic mass is 9.62. The van der Waals surface area contributed by atoms with Crippen molar-refractivity contribution in [2.75, 3.05) is 28.4 Å². The van der Waals surface area contributed by atoms with Crippen LogP contribution in [-0.2, 0) is 38.0 Å². The second kappa shape index (κ2) is 10.8. The molecule has 41 heavy (non-hydrogen) atoms. The topological polar surface area (TPSA) is 116 Å². The summed E-state index contributed by atoms with van der Waals surface area (Å²) in [7, 11) is 5.47. The molecule has 12 heteroatoms. The van der Waals surface area contributed by atoms with Crippen LogP contribution >= 0.6 is 23.2 Å². The van der Waals surface area contributed by atoms with Crippen LogP contribution < -0.4 is 4.74 Å². The van der Waals surface area contributed by atoms with Crippen molar-refractivity contribution in [2.24, 2.45) is 11.8 Å². The number of rotatable bonds is 6. The second-order valence-corrected chi connectivity index (χ2v) is 11.9. The third-order valence-corrected chi connectivity index (χ3v) is 9.07. The highest BCUT2D eigenvalue weighted by atomic mass is 35.5. The summed E-state index contributed by atoms with van der Waals surface area (Å²) in [6.07, 6.45) is -0.444. The van der Waals surface area contributed by atoms with Gasteiger partial charge >= 0.3 is 5.97 Å². The zero-order chi connectivity index (χ0) is 30.0. The first kappa shape index (κ1) is 30.2. The number of Topliss-reactive ketones (excluding diaryl/α,β-unsaturated/α-hetero) is 2. The summed E-state index contributed by atoms with van der Waals surface area (Å²) in [6.45, 7) is 5.29. The van der Waals surface area contributed by atoms with E-state index in [1.165, 1.54) is 34.5 Å². The number of alkyl halides is 1.